The number of carbonyl (C=O) groups excluding carboxylic acids is 2. The molecule has 1 aliphatic rings. The first kappa shape index (κ1) is 18.7. The van der Waals surface area contributed by atoms with Crippen LogP contribution in [0.2, 0.25) is 0 Å². The fourth-order valence-electron chi connectivity index (χ4n) is 2.44. The highest BCUT2D eigenvalue weighted by atomic mass is 79.9. The Morgan fingerprint density at radius 1 is 1.31 bits per heavy atom. The van der Waals surface area contributed by atoms with Crippen molar-refractivity contribution in [3.63, 3.8) is 0 Å². The summed E-state index contributed by atoms with van der Waals surface area (Å²) < 4.78 is 16.6. The van der Waals surface area contributed by atoms with Gasteiger partial charge in [-0.3, -0.25) is 9.78 Å². The smallest absolute Gasteiger partial charge is 0.343 e. The number of halogens is 2. The van der Waals surface area contributed by atoms with Crippen molar-refractivity contribution in [3.05, 3.63) is 45.1 Å². The molecule has 0 saturated carbocycles. The van der Waals surface area contributed by atoms with Gasteiger partial charge < -0.3 is 19.1 Å². The number of fused-ring (bicyclic) bond motifs is 1. The molecule has 1 aromatic carbocycles. The van der Waals surface area contributed by atoms with Crippen LogP contribution in [0.5, 0.6) is 11.5 Å². The Hall–Kier alpha value is -2.13. The molecule has 136 valence electrons. The van der Waals surface area contributed by atoms with Crippen molar-refractivity contribution in [1.82, 2.24) is 4.98 Å². The number of ether oxygens (including phenoxy) is 3. The average molecular weight is 486 g/mol. The lowest BCUT2D eigenvalue weighted by Gasteiger charge is -2.29. The molecule has 2 heterocycles. The number of carbonyl (C=O) groups is 2. The normalized spacial score (nSPS) is 12.8. The molecule has 2 aromatic rings. The summed E-state index contributed by atoms with van der Waals surface area (Å²) in [6.45, 7) is 0.599. The number of benzene rings is 1. The van der Waals surface area contributed by atoms with Crippen molar-refractivity contribution >= 4 is 49.4 Å². The van der Waals surface area contributed by atoms with Gasteiger partial charge in [-0.25, -0.2) is 4.79 Å². The van der Waals surface area contributed by atoms with Crippen molar-refractivity contribution in [1.29, 1.82) is 0 Å². The fraction of sp³-hybridized carbons (Fsp3) is 0.235. The highest BCUT2D eigenvalue weighted by Crippen LogP contribution is 2.37. The van der Waals surface area contributed by atoms with Crippen molar-refractivity contribution in [2.75, 3.05) is 31.8 Å². The van der Waals surface area contributed by atoms with E-state index in [9.17, 15) is 9.59 Å². The van der Waals surface area contributed by atoms with Crippen LogP contribution >= 0.6 is 31.9 Å². The third kappa shape index (κ3) is 3.83. The standard InChI is InChI=1S/C17H14Br2N2O5/c1-24-15(22)9-26-16-11(18)6-10(7-12(16)19)17(23)21-4-5-25-14-2-3-20-8-13(14)21/h2-3,6-8H,4-5,9H2,1H3. The molecule has 0 bridgehead atoms. The predicted molar refractivity (Wildman–Crippen MR) is 101 cm³/mol. The van der Waals surface area contributed by atoms with Gasteiger partial charge in [0.05, 0.1) is 28.8 Å². The Morgan fingerprint density at radius 3 is 2.73 bits per heavy atom. The van der Waals surface area contributed by atoms with Crippen LogP contribution in [0.15, 0.2) is 39.5 Å². The van der Waals surface area contributed by atoms with Crippen LogP contribution in [-0.4, -0.2) is 43.7 Å². The molecule has 0 spiro atoms. The largest absolute Gasteiger partial charge is 0.489 e. The number of hydrogen-bond donors (Lipinski definition) is 0. The lowest BCUT2D eigenvalue weighted by Crippen LogP contribution is -2.38. The minimum atomic E-state index is -0.499. The number of esters is 1. The van der Waals surface area contributed by atoms with Gasteiger partial charge in [0, 0.05) is 17.8 Å². The van der Waals surface area contributed by atoms with Crippen LogP contribution in [0.4, 0.5) is 5.69 Å². The van der Waals surface area contributed by atoms with E-state index in [1.54, 1.807) is 35.5 Å². The molecule has 1 aromatic heterocycles. The number of amides is 1. The van der Waals surface area contributed by atoms with E-state index in [2.05, 4.69) is 41.6 Å². The van der Waals surface area contributed by atoms with E-state index in [1.807, 2.05) is 0 Å². The lowest BCUT2D eigenvalue weighted by molar-refractivity contribution is -0.142. The second-order valence-electron chi connectivity index (χ2n) is 5.28. The summed E-state index contributed by atoms with van der Waals surface area (Å²) in [6, 6.07) is 5.01. The van der Waals surface area contributed by atoms with Crippen molar-refractivity contribution in [3.8, 4) is 11.5 Å². The molecule has 1 aliphatic heterocycles. The number of hydrogen-bond acceptors (Lipinski definition) is 6. The molecule has 9 heteroatoms. The molecule has 0 N–H and O–H groups in total. The number of aromatic nitrogens is 1. The minimum absolute atomic E-state index is 0.191. The van der Waals surface area contributed by atoms with Gasteiger partial charge in [0.2, 0.25) is 0 Å². The zero-order valence-electron chi connectivity index (χ0n) is 13.7. The molecule has 7 nitrogen and oxygen atoms in total. The Kier molecular flexibility index (Phi) is 5.77. The predicted octanol–water partition coefficient (Wildman–Crippen LogP) is 3.20. The maximum atomic E-state index is 13.0. The Balaban J connectivity index is 1.86. The van der Waals surface area contributed by atoms with Gasteiger partial charge in [-0.05, 0) is 44.0 Å². The van der Waals surface area contributed by atoms with Crippen molar-refractivity contribution < 1.29 is 23.8 Å². The minimum Gasteiger partial charge on any atom is -0.489 e. The van der Waals surface area contributed by atoms with Crippen LogP contribution in [0.3, 0.4) is 0 Å². The molecule has 0 unspecified atom stereocenters. The number of rotatable bonds is 4. The van der Waals surface area contributed by atoms with Gasteiger partial charge in [-0.15, -0.1) is 0 Å². The molecule has 0 radical (unpaired) electrons. The first-order valence-corrected chi connectivity index (χ1v) is 9.17. The lowest BCUT2D eigenvalue weighted by atomic mass is 10.1. The monoisotopic (exact) mass is 484 g/mol. The summed E-state index contributed by atoms with van der Waals surface area (Å²) in [5.74, 6) is 0.344. The van der Waals surface area contributed by atoms with Crippen molar-refractivity contribution in [2.24, 2.45) is 0 Å². The number of pyridine rings is 1. The van der Waals surface area contributed by atoms with E-state index < -0.39 is 5.97 Å². The van der Waals surface area contributed by atoms with Crippen LogP contribution in [0, 0.1) is 0 Å². The van der Waals surface area contributed by atoms with E-state index in [4.69, 9.17) is 9.47 Å². The van der Waals surface area contributed by atoms with E-state index in [-0.39, 0.29) is 12.5 Å². The van der Waals surface area contributed by atoms with Gasteiger partial charge in [0.25, 0.3) is 5.91 Å². The molecule has 3 rings (SSSR count). The highest BCUT2D eigenvalue weighted by molar-refractivity contribution is 9.11. The molecule has 26 heavy (non-hydrogen) atoms. The van der Waals surface area contributed by atoms with Crippen LogP contribution in [-0.2, 0) is 9.53 Å². The Labute approximate surface area is 166 Å². The van der Waals surface area contributed by atoms with Crippen LogP contribution in [0.1, 0.15) is 10.4 Å². The first-order chi connectivity index (χ1) is 12.5. The molecule has 1 amide bonds. The quantitative estimate of drug-likeness (QED) is 0.619. The second-order valence-corrected chi connectivity index (χ2v) is 6.99. The third-order valence-electron chi connectivity index (χ3n) is 3.68. The van der Waals surface area contributed by atoms with Gasteiger partial charge in [0.15, 0.2) is 6.61 Å². The number of anilines is 1. The van der Waals surface area contributed by atoms with E-state index in [0.717, 1.165) is 0 Å². The second kappa shape index (κ2) is 8.05. The third-order valence-corrected chi connectivity index (χ3v) is 4.85. The highest BCUT2D eigenvalue weighted by Gasteiger charge is 2.26. The molecular formula is C17H14Br2N2O5. The van der Waals surface area contributed by atoms with Gasteiger partial charge in [-0.1, -0.05) is 0 Å². The maximum absolute atomic E-state index is 13.0. The summed E-state index contributed by atoms with van der Waals surface area (Å²) in [4.78, 5) is 29.9. The van der Waals surface area contributed by atoms with Gasteiger partial charge in [-0.2, -0.15) is 0 Å². The zero-order chi connectivity index (χ0) is 18.7. The Bertz CT molecular complexity index is 836. The summed E-state index contributed by atoms with van der Waals surface area (Å²) in [7, 11) is 1.28. The van der Waals surface area contributed by atoms with Gasteiger partial charge >= 0.3 is 5.97 Å². The average Bonchev–Trinajstić information content (AvgIpc) is 2.65. The molecular weight excluding hydrogens is 472 g/mol. The van der Waals surface area contributed by atoms with E-state index >= 15 is 0 Å². The Morgan fingerprint density at radius 2 is 2.04 bits per heavy atom. The number of nitrogens with zero attached hydrogens (tertiary/aromatic N) is 2. The summed E-state index contributed by atoms with van der Waals surface area (Å²) in [5, 5.41) is 0. The maximum Gasteiger partial charge on any atom is 0.343 e. The fourth-order valence-corrected chi connectivity index (χ4v) is 3.86. The number of methoxy groups -OCH3 is 1. The summed E-state index contributed by atoms with van der Waals surface area (Å²) in [6.07, 6.45) is 3.22. The van der Waals surface area contributed by atoms with E-state index in [0.29, 0.717) is 44.8 Å². The first-order valence-electron chi connectivity index (χ1n) is 7.58. The SMILES string of the molecule is COC(=O)COc1c(Br)cc(C(=O)N2CCOc3ccncc32)cc1Br. The molecule has 0 saturated heterocycles. The summed E-state index contributed by atoms with van der Waals surface area (Å²) >= 11 is 6.76. The molecule has 0 atom stereocenters. The van der Waals surface area contributed by atoms with Crippen LogP contribution < -0.4 is 14.4 Å². The van der Waals surface area contributed by atoms with Crippen molar-refractivity contribution in [2.45, 2.75) is 0 Å². The molecule has 0 fully saturated rings. The zero-order valence-corrected chi connectivity index (χ0v) is 16.9. The van der Waals surface area contributed by atoms with Gasteiger partial charge in [0.1, 0.15) is 23.8 Å². The molecule has 0 aliphatic carbocycles. The summed E-state index contributed by atoms with van der Waals surface area (Å²) in [5.41, 5.74) is 1.08. The van der Waals surface area contributed by atoms with E-state index in [1.165, 1.54) is 7.11 Å². The van der Waals surface area contributed by atoms with Crippen LogP contribution in [0.25, 0.3) is 0 Å². The topological polar surface area (TPSA) is 78.0 Å².